The van der Waals surface area contributed by atoms with Gasteiger partial charge in [0.25, 0.3) is 0 Å². The van der Waals surface area contributed by atoms with Gasteiger partial charge in [0, 0.05) is 46.9 Å². The lowest BCUT2D eigenvalue weighted by Crippen LogP contribution is -2.28. The number of fused-ring (bicyclic) bond motifs is 4. The summed E-state index contributed by atoms with van der Waals surface area (Å²) < 4.78 is 60.0. The van der Waals surface area contributed by atoms with E-state index in [0.717, 1.165) is 28.8 Å². The fourth-order valence-electron chi connectivity index (χ4n) is 4.38. The third-order valence-corrected chi connectivity index (χ3v) is 8.46. The molecule has 1 unspecified atom stereocenters. The van der Waals surface area contributed by atoms with Gasteiger partial charge in [-0.15, -0.1) is 0 Å². The van der Waals surface area contributed by atoms with E-state index in [1.807, 2.05) is 24.3 Å². The van der Waals surface area contributed by atoms with Crippen LogP contribution >= 0.6 is 0 Å². The fraction of sp³-hybridized carbons (Fsp3) is 0.207. The van der Waals surface area contributed by atoms with Crippen molar-refractivity contribution in [2.75, 3.05) is 28.2 Å². The summed E-state index contributed by atoms with van der Waals surface area (Å²) in [6.07, 6.45) is -1.48. The summed E-state index contributed by atoms with van der Waals surface area (Å²) >= 11 is 0. The highest BCUT2D eigenvalue weighted by Gasteiger charge is 2.30. The predicted molar refractivity (Wildman–Crippen MR) is 156 cm³/mol. The maximum Gasteiger partial charge on any atom is 0.416 e. The van der Waals surface area contributed by atoms with E-state index < -0.39 is 27.5 Å². The van der Waals surface area contributed by atoms with Crippen LogP contribution in [0.25, 0.3) is 11.1 Å². The summed E-state index contributed by atoms with van der Waals surface area (Å²) in [7, 11) is -2.90. The van der Waals surface area contributed by atoms with Crippen LogP contribution in [0.2, 0.25) is 0 Å². The first-order chi connectivity index (χ1) is 20.1. The van der Waals surface area contributed by atoms with E-state index in [-0.39, 0.29) is 18.0 Å². The molecule has 0 radical (unpaired) electrons. The summed E-state index contributed by atoms with van der Waals surface area (Å²) in [6, 6.07) is 18.2. The van der Waals surface area contributed by atoms with Gasteiger partial charge in [-0.25, -0.2) is 18.8 Å². The highest BCUT2D eigenvalue weighted by atomic mass is 32.2. The largest absolute Gasteiger partial charge is 0.416 e. The molecule has 42 heavy (non-hydrogen) atoms. The number of nitrogens with zero attached hydrogens (tertiary/aromatic N) is 2. The molecule has 1 aliphatic rings. The first-order valence-electron chi connectivity index (χ1n) is 13.1. The molecule has 0 saturated heterocycles. The van der Waals surface area contributed by atoms with E-state index in [4.69, 9.17) is 4.78 Å². The number of rotatable bonds is 4. The average Bonchev–Trinajstić information content (AvgIpc) is 2.96. The molecule has 4 aromatic rings. The number of anilines is 4. The molecule has 0 aliphatic carbocycles. The normalized spacial score (nSPS) is 16.9. The highest BCUT2D eigenvalue weighted by Crippen LogP contribution is 2.31. The topological polar surface area (TPSA) is 132 Å². The van der Waals surface area contributed by atoms with Gasteiger partial charge in [-0.1, -0.05) is 36.4 Å². The van der Waals surface area contributed by atoms with Gasteiger partial charge in [0.15, 0.2) is 0 Å². The lowest BCUT2D eigenvalue weighted by molar-refractivity contribution is -0.137. The monoisotopic (exact) mass is 595 g/mol. The summed E-state index contributed by atoms with van der Waals surface area (Å²) in [5.41, 5.74) is 2.21. The number of hydrogen-bond acceptors (Lipinski definition) is 7. The van der Waals surface area contributed by atoms with E-state index in [0.29, 0.717) is 41.7 Å². The van der Waals surface area contributed by atoms with E-state index >= 15 is 0 Å². The maximum atomic E-state index is 12.9. The second-order valence-electron chi connectivity index (χ2n) is 9.71. The van der Waals surface area contributed by atoms with Crippen molar-refractivity contribution in [3.63, 3.8) is 0 Å². The first-order valence-corrected chi connectivity index (χ1v) is 14.9. The molecule has 1 atom stereocenters. The van der Waals surface area contributed by atoms with Crippen molar-refractivity contribution in [2.24, 2.45) is 0 Å². The van der Waals surface area contributed by atoms with Crippen LogP contribution in [0.15, 0.2) is 83.9 Å². The van der Waals surface area contributed by atoms with Gasteiger partial charge in [0.2, 0.25) is 5.95 Å². The molecule has 3 aromatic carbocycles. The van der Waals surface area contributed by atoms with Crippen LogP contribution in [0.1, 0.15) is 24.0 Å². The Morgan fingerprint density at radius 2 is 1.81 bits per heavy atom. The number of halogens is 3. The lowest BCUT2D eigenvalue weighted by atomic mass is 10.1. The minimum Gasteiger partial charge on any atom is -0.369 e. The Morgan fingerprint density at radius 3 is 2.60 bits per heavy atom. The quantitative estimate of drug-likeness (QED) is 0.176. The van der Waals surface area contributed by atoms with Crippen molar-refractivity contribution >= 4 is 38.9 Å². The molecule has 1 aromatic heterocycles. The van der Waals surface area contributed by atoms with Crippen molar-refractivity contribution in [2.45, 2.75) is 30.5 Å². The van der Waals surface area contributed by atoms with Crippen molar-refractivity contribution < 1.29 is 22.2 Å². The Bertz CT molecular complexity index is 1690. The first kappa shape index (κ1) is 28.9. The van der Waals surface area contributed by atoms with Gasteiger partial charge in [0.05, 0.1) is 15.3 Å². The van der Waals surface area contributed by atoms with Crippen LogP contribution in [0.5, 0.6) is 0 Å². The standard InChI is InChI=1S/C29H28F3N7O2S/c30-29(31,32)21-5-3-6-22(15-21)38-28(40)36-17-19-9-11-20(12-10-19)25-18-35-27-37-23-7-4-8-24(16-23)42(33,41)14-2-1-13-34-26(25)39-27/h3-12,15-16,18,33H,1-2,13-14,17H2,(H2,36,38,40)(H2,34,35,37,39). The summed E-state index contributed by atoms with van der Waals surface area (Å²) in [5.74, 6) is 1.23. The molecular weight excluding hydrogens is 567 g/mol. The van der Waals surface area contributed by atoms with Crippen molar-refractivity contribution in [1.82, 2.24) is 15.3 Å². The van der Waals surface area contributed by atoms with Gasteiger partial charge in [-0.3, -0.25) is 0 Å². The van der Waals surface area contributed by atoms with E-state index in [9.17, 15) is 22.2 Å². The molecule has 5 rings (SSSR count). The van der Waals surface area contributed by atoms with Gasteiger partial charge in [-0.05, 0) is 60.4 Å². The molecule has 0 spiro atoms. The third-order valence-electron chi connectivity index (χ3n) is 6.58. The number of alkyl halides is 3. The van der Waals surface area contributed by atoms with Crippen molar-refractivity contribution in [3.8, 4) is 11.1 Å². The molecule has 2 amide bonds. The number of carbonyl (C=O) groups excluding carboxylic acids is 1. The Balaban J connectivity index is 1.27. The minimum absolute atomic E-state index is 0.0400. The minimum atomic E-state index is -4.50. The van der Waals surface area contributed by atoms with Gasteiger partial charge in [-0.2, -0.15) is 18.2 Å². The molecule has 0 fully saturated rings. The number of hydrogen-bond donors (Lipinski definition) is 5. The summed E-state index contributed by atoms with van der Waals surface area (Å²) in [6.45, 7) is 0.730. The fourth-order valence-corrected chi connectivity index (χ4v) is 5.85. The van der Waals surface area contributed by atoms with Crippen LogP contribution in [-0.2, 0) is 22.5 Å². The van der Waals surface area contributed by atoms with Crippen LogP contribution in [0.3, 0.4) is 0 Å². The number of urea groups is 1. The Kier molecular flexibility index (Phi) is 8.29. The van der Waals surface area contributed by atoms with E-state index in [1.54, 1.807) is 30.5 Å². The SMILES string of the molecule is N=S1(=O)CCCCNc2nc(ncc2-c2ccc(CNC(=O)Nc3cccc(C(F)(F)F)c3)cc2)Nc2cccc1c2. The molecule has 0 saturated carbocycles. The second kappa shape index (κ2) is 12.1. The molecule has 218 valence electrons. The third kappa shape index (κ3) is 7.16. The summed E-state index contributed by atoms with van der Waals surface area (Å²) in [4.78, 5) is 21.9. The number of benzene rings is 3. The molecule has 9 nitrogen and oxygen atoms in total. The molecule has 2 heterocycles. The zero-order valence-corrected chi connectivity index (χ0v) is 23.1. The smallest absolute Gasteiger partial charge is 0.369 e. The zero-order chi connectivity index (χ0) is 29.7. The van der Waals surface area contributed by atoms with Crippen LogP contribution in [0.4, 0.5) is 41.1 Å². The van der Waals surface area contributed by atoms with Gasteiger partial charge < -0.3 is 21.3 Å². The Labute approximate surface area is 241 Å². The molecule has 13 heteroatoms. The van der Waals surface area contributed by atoms with Crippen LogP contribution in [0, 0.1) is 4.78 Å². The van der Waals surface area contributed by atoms with Crippen molar-refractivity contribution in [3.05, 3.63) is 90.1 Å². The molecule has 1 aliphatic heterocycles. The van der Waals surface area contributed by atoms with Gasteiger partial charge in [0.1, 0.15) is 5.82 Å². The summed E-state index contributed by atoms with van der Waals surface area (Å²) in [5, 5.41) is 11.5. The van der Waals surface area contributed by atoms with Crippen molar-refractivity contribution in [1.29, 1.82) is 4.78 Å². The van der Waals surface area contributed by atoms with E-state index in [2.05, 4.69) is 31.2 Å². The molecular formula is C29H28F3N7O2S. The number of nitrogens with one attached hydrogen (secondary N) is 5. The Morgan fingerprint density at radius 1 is 1.02 bits per heavy atom. The predicted octanol–water partition coefficient (Wildman–Crippen LogP) is 6.84. The van der Waals surface area contributed by atoms with Gasteiger partial charge >= 0.3 is 12.2 Å². The Hall–Kier alpha value is -4.65. The zero-order valence-electron chi connectivity index (χ0n) is 22.3. The number of carbonyl (C=O) groups is 1. The average molecular weight is 596 g/mol. The van der Waals surface area contributed by atoms with E-state index in [1.165, 1.54) is 12.1 Å². The molecule has 4 bridgehead atoms. The van der Waals surface area contributed by atoms with Crippen LogP contribution < -0.4 is 21.3 Å². The highest BCUT2D eigenvalue weighted by molar-refractivity contribution is 7.92. The van der Waals surface area contributed by atoms with Crippen LogP contribution in [-0.4, -0.2) is 32.5 Å². The number of aromatic nitrogens is 2. The molecule has 5 N–H and O–H groups in total. The number of amides is 2. The second-order valence-corrected chi connectivity index (χ2v) is 11.9. The maximum absolute atomic E-state index is 12.9. The lowest BCUT2D eigenvalue weighted by Gasteiger charge is -2.14.